The number of halogens is 1. The minimum atomic E-state index is -0.903. The van der Waals surface area contributed by atoms with Crippen molar-refractivity contribution in [3.05, 3.63) is 89.9 Å². The number of para-hydroxylation sites is 1. The molecule has 3 aliphatic rings. The largest absolute Gasteiger partial charge is 0.342 e. The molecule has 39 heavy (non-hydrogen) atoms. The molecule has 1 saturated heterocycles. The number of hydrogen-bond donors (Lipinski definition) is 1. The lowest BCUT2D eigenvalue weighted by molar-refractivity contribution is -0.120. The van der Waals surface area contributed by atoms with E-state index >= 15 is 0 Å². The van der Waals surface area contributed by atoms with Gasteiger partial charge in [-0.25, -0.2) is 19.6 Å². The molecule has 7 rings (SSSR count). The van der Waals surface area contributed by atoms with E-state index in [9.17, 15) is 9.18 Å². The van der Waals surface area contributed by atoms with Crippen molar-refractivity contribution in [3.63, 3.8) is 0 Å². The van der Waals surface area contributed by atoms with Crippen LogP contribution in [0.15, 0.2) is 77.8 Å². The fraction of sp³-hybridized carbons (Fsp3) is 0.241. The van der Waals surface area contributed by atoms with Gasteiger partial charge in [0.25, 0.3) is 5.91 Å². The van der Waals surface area contributed by atoms with E-state index < -0.39 is 11.5 Å². The Hall–Kier alpha value is -4.57. The number of nitrogens with zero attached hydrogens (tertiary/aromatic N) is 6. The summed E-state index contributed by atoms with van der Waals surface area (Å²) >= 11 is 0. The molecule has 3 aliphatic heterocycles. The summed E-state index contributed by atoms with van der Waals surface area (Å²) in [6.45, 7) is 4.06. The molecule has 2 atom stereocenters. The average molecular weight is 524 g/mol. The monoisotopic (exact) mass is 523 g/mol. The number of likely N-dealkylation sites (N-methyl/N-ethyl adjacent to an activating group) is 1. The number of pyridine rings is 1. The lowest BCUT2D eigenvalue weighted by atomic mass is 10.1. The van der Waals surface area contributed by atoms with Gasteiger partial charge in [0.1, 0.15) is 17.5 Å². The van der Waals surface area contributed by atoms with Crippen molar-refractivity contribution in [3.8, 4) is 11.3 Å². The molecule has 0 radical (unpaired) electrons. The van der Waals surface area contributed by atoms with Gasteiger partial charge in [-0.2, -0.15) is 9.49 Å². The van der Waals surface area contributed by atoms with Crippen LogP contribution >= 0.6 is 0 Å². The number of fused-ring (bicyclic) bond motifs is 5. The molecule has 2 aromatic carbocycles. The highest BCUT2D eigenvalue weighted by Crippen LogP contribution is 2.52. The number of carbonyl (C=O) groups is 1. The number of carbonyl (C=O) groups excluding carboxylic acids is 1. The molecule has 5 heterocycles. The third-order valence-electron chi connectivity index (χ3n) is 7.27. The van der Waals surface area contributed by atoms with Crippen LogP contribution in [0, 0.1) is 5.95 Å². The Morgan fingerprint density at radius 3 is 2.54 bits per heavy atom. The summed E-state index contributed by atoms with van der Waals surface area (Å²) in [5.74, 6) is 1.18. The standard InChI is InChI=1S/C29H26FN7O2/c1-29(2)27(38)37-25-22(23-26(39-23)35(3)28(37)33-29)24(31-19-8-5-4-6-9-19)36(34-25)16-17-12-14-18(15-13-17)20-10-7-11-21(30)32-20/h4-15,23,26,31H,16H2,1-3H3. The van der Waals surface area contributed by atoms with Crippen molar-refractivity contribution >= 4 is 29.2 Å². The van der Waals surface area contributed by atoms with E-state index in [4.69, 9.17) is 14.8 Å². The van der Waals surface area contributed by atoms with Crippen molar-refractivity contribution in [2.75, 3.05) is 17.3 Å². The number of amides is 1. The Labute approximate surface area is 224 Å². The molecule has 1 N–H and O–H groups in total. The Bertz CT molecular complexity index is 1630. The second kappa shape index (κ2) is 8.47. The molecule has 9 nitrogen and oxygen atoms in total. The highest BCUT2D eigenvalue weighted by atomic mass is 19.1. The summed E-state index contributed by atoms with van der Waals surface area (Å²) in [5, 5.41) is 8.51. The first-order chi connectivity index (χ1) is 18.8. The number of benzene rings is 2. The molecule has 0 saturated carbocycles. The number of anilines is 3. The van der Waals surface area contributed by atoms with E-state index in [-0.39, 0.29) is 18.2 Å². The van der Waals surface area contributed by atoms with Crippen LogP contribution in [0.5, 0.6) is 0 Å². The number of aliphatic imine (C=N–C) groups is 1. The minimum Gasteiger partial charge on any atom is -0.342 e. The molecule has 1 amide bonds. The molecule has 2 aromatic heterocycles. The summed E-state index contributed by atoms with van der Waals surface area (Å²) in [7, 11) is 1.89. The predicted octanol–water partition coefficient (Wildman–Crippen LogP) is 4.70. The Kier molecular flexibility index (Phi) is 5.11. The SMILES string of the molecule is CN1C2=NC(C)(C)C(=O)N2c2nn(Cc3ccc(-c4cccc(F)n4)cc3)c(Nc3ccccc3)c2C2OC21. The smallest absolute Gasteiger partial charge is 0.262 e. The highest BCUT2D eigenvalue weighted by Gasteiger charge is 2.57. The number of ether oxygens (including phenoxy) is 1. The fourth-order valence-corrected chi connectivity index (χ4v) is 5.18. The zero-order valence-electron chi connectivity index (χ0n) is 21.7. The lowest BCUT2D eigenvalue weighted by Gasteiger charge is -2.22. The van der Waals surface area contributed by atoms with Gasteiger partial charge in [-0.1, -0.05) is 48.5 Å². The summed E-state index contributed by atoms with van der Waals surface area (Å²) in [4.78, 5) is 25.8. The van der Waals surface area contributed by atoms with E-state index in [1.807, 2.05) is 85.1 Å². The maximum atomic E-state index is 13.6. The topological polar surface area (TPSA) is 91.2 Å². The van der Waals surface area contributed by atoms with Crippen LogP contribution < -0.4 is 10.2 Å². The van der Waals surface area contributed by atoms with Crippen LogP contribution in [-0.2, 0) is 16.1 Å². The molecule has 0 spiro atoms. The Morgan fingerprint density at radius 1 is 1.03 bits per heavy atom. The van der Waals surface area contributed by atoms with Crippen molar-refractivity contribution in [1.82, 2.24) is 19.7 Å². The zero-order valence-corrected chi connectivity index (χ0v) is 21.7. The highest BCUT2D eigenvalue weighted by molar-refractivity contribution is 6.23. The van der Waals surface area contributed by atoms with Gasteiger partial charge >= 0.3 is 0 Å². The minimum absolute atomic E-state index is 0.130. The van der Waals surface area contributed by atoms with Gasteiger partial charge in [0.2, 0.25) is 11.9 Å². The van der Waals surface area contributed by atoms with E-state index in [1.165, 1.54) is 6.07 Å². The van der Waals surface area contributed by atoms with E-state index in [0.29, 0.717) is 24.0 Å². The van der Waals surface area contributed by atoms with Crippen LogP contribution in [0.2, 0.25) is 0 Å². The van der Waals surface area contributed by atoms with Crippen LogP contribution in [0.25, 0.3) is 11.3 Å². The zero-order chi connectivity index (χ0) is 26.9. The van der Waals surface area contributed by atoms with Crippen LogP contribution in [0.3, 0.4) is 0 Å². The molecule has 1 fully saturated rings. The van der Waals surface area contributed by atoms with Crippen LogP contribution in [0.1, 0.15) is 31.1 Å². The van der Waals surface area contributed by atoms with Gasteiger partial charge in [-0.15, -0.1) is 0 Å². The number of epoxide rings is 1. The average Bonchev–Trinajstić information content (AvgIpc) is 3.60. The number of rotatable bonds is 5. The van der Waals surface area contributed by atoms with Gasteiger partial charge in [-0.05, 0) is 43.7 Å². The van der Waals surface area contributed by atoms with Crippen LogP contribution in [-0.4, -0.2) is 50.3 Å². The molecule has 2 unspecified atom stereocenters. The van der Waals surface area contributed by atoms with Gasteiger partial charge in [0, 0.05) is 18.3 Å². The number of nitrogens with one attached hydrogen (secondary N) is 1. The number of hydrogen-bond acceptors (Lipinski definition) is 7. The lowest BCUT2D eigenvalue weighted by Crippen LogP contribution is -2.45. The number of aromatic nitrogens is 3. The van der Waals surface area contributed by atoms with E-state index in [1.54, 1.807) is 17.0 Å². The van der Waals surface area contributed by atoms with Gasteiger partial charge in [0.05, 0.1) is 17.8 Å². The normalized spacial score (nSPS) is 20.6. The maximum absolute atomic E-state index is 13.6. The second-order valence-electron chi connectivity index (χ2n) is 10.4. The number of guanidine groups is 1. The third-order valence-corrected chi connectivity index (χ3v) is 7.27. The second-order valence-corrected chi connectivity index (χ2v) is 10.4. The fourth-order valence-electron chi connectivity index (χ4n) is 5.18. The first-order valence-corrected chi connectivity index (χ1v) is 12.8. The molecule has 10 heteroatoms. The molecule has 0 aliphatic carbocycles. The van der Waals surface area contributed by atoms with Gasteiger partial charge in [-0.3, -0.25) is 4.79 Å². The maximum Gasteiger partial charge on any atom is 0.262 e. The van der Waals surface area contributed by atoms with Crippen LogP contribution in [0.4, 0.5) is 21.7 Å². The Balaban J connectivity index is 1.31. The molecule has 4 aromatic rings. The van der Waals surface area contributed by atoms with Crippen molar-refractivity contribution in [1.29, 1.82) is 0 Å². The first kappa shape index (κ1) is 23.5. The summed E-state index contributed by atoms with van der Waals surface area (Å²) in [6, 6.07) is 22.4. The molecular weight excluding hydrogens is 497 g/mol. The quantitative estimate of drug-likeness (QED) is 0.301. The third kappa shape index (κ3) is 3.87. The van der Waals surface area contributed by atoms with E-state index in [2.05, 4.69) is 10.3 Å². The first-order valence-electron chi connectivity index (χ1n) is 12.8. The summed E-state index contributed by atoms with van der Waals surface area (Å²) < 4.78 is 21.6. The van der Waals surface area contributed by atoms with Crippen molar-refractivity contribution < 1.29 is 13.9 Å². The predicted molar refractivity (Wildman–Crippen MR) is 145 cm³/mol. The summed E-state index contributed by atoms with van der Waals surface area (Å²) in [6.07, 6.45) is -0.489. The molecule has 0 bridgehead atoms. The van der Waals surface area contributed by atoms with Gasteiger partial charge < -0.3 is 15.0 Å². The van der Waals surface area contributed by atoms with E-state index in [0.717, 1.165) is 28.2 Å². The Morgan fingerprint density at radius 2 is 1.79 bits per heavy atom. The molecule has 196 valence electrons. The summed E-state index contributed by atoms with van der Waals surface area (Å²) in [5.41, 5.74) is 3.19. The van der Waals surface area contributed by atoms with Crippen molar-refractivity contribution in [2.24, 2.45) is 4.99 Å². The van der Waals surface area contributed by atoms with Gasteiger partial charge in [0.15, 0.2) is 12.0 Å². The molecular formula is C29H26FN7O2. The van der Waals surface area contributed by atoms with Crippen molar-refractivity contribution in [2.45, 2.75) is 38.3 Å².